The van der Waals surface area contributed by atoms with Gasteiger partial charge in [0.2, 0.25) is 5.91 Å². The average molecular weight is 423 g/mol. The number of carbonyl (C=O) groups is 1. The van der Waals surface area contributed by atoms with Crippen molar-refractivity contribution in [2.75, 3.05) is 5.32 Å². The van der Waals surface area contributed by atoms with Gasteiger partial charge in [-0.15, -0.1) is 0 Å². The van der Waals surface area contributed by atoms with Gasteiger partial charge < -0.3 is 5.32 Å². The SMILES string of the molecule is Cc1c(Br)cnn1CCC(=O)Nc1nn(Cc2ccccc2)cc1Cl. The van der Waals surface area contributed by atoms with Gasteiger partial charge in [0, 0.05) is 18.3 Å². The van der Waals surface area contributed by atoms with Crippen molar-refractivity contribution in [3.05, 3.63) is 63.5 Å². The zero-order valence-corrected chi connectivity index (χ0v) is 16.0. The predicted octanol–water partition coefficient (Wildman–Crippen LogP) is 3.88. The summed E-state index contributed by atoms with van der Waals surface area (Å²) in [5.41, 5.74) is 2.09. The van der Waals surface area contributed by atoms with Crippen LogP contribution in [-0.4, -0.2) is 25.5 Å². The number of hydrogen-bond donors (Lipinski definition) is 1. The van der Waals surface area contributed by atoms with Crippen molar-refractivity contribution < 1.29 is 4.79 Å². The maximum Gasteiger partial charge on any atom is 0.227 e. The molecule has 0 aliphatic heterocycles. The van der Waals surface area contributed by atoms with Crippen molar-refractivity contribution in [2.24, 2.45) is 0 Å². The standard InChI is InChI=1S/C17H17BrClN5O/c1-12-14(18)9-20-24(12)8-7-16(25)21-17-15(19)11-23(22-17)10-13-5-3-2-4-6-13/h2-6,9,11H,7-8,10H2,1H3,(H,21,22,25). The summed E-state index contributed by atoms with van der Waals surface area (Å²) in [4.78, 5) is 12.2. The summed E-state index contributed by atoms with van der Waals surface area (Å²) in [6, 6.07) is 9.93. The van der Waals surface area contributed by atoms with Gasteiger partial charge in [0.05, 0.1) is 23.8 Å². The van der Waals surface area contributed by atoms with Gasteiger partial charge in [0.1, 0.15) is 5.02 Å². The third kappa shape index (κ3) is 4.49. The second kappa shape index (κ2) is 7.84. The molecule has 6 nitrogen and oxygen atoms in total. The van der Waals surface area contributed by atoms with Crippen LogP contribution in [0.15, 0.2) is 47.2 Å². The summed E-state index contributed by atoms with van der Waals surface area (Å²) in [6.45, 7) is 3.03. The fraction of sp³-hybridized carbons (Fsp3) is 0.235. The van der Waals surface area contributed by atoms with Gasteiger partial charge in [-0.25, -0.2) is 0 Å². The number of amides is 1. The van der Waals surface area contributed by atoms with Crippen molar-refractivity contribution in [2.45, 2.75) is 26.4 Å². The Balaban J connectivity index is 1.59. The molecule has 1 amide bonds. The first-order chi connectivity index (χ1) is 12.0. The molecule has 2 heterocycles. The molecule has 0 unspecified atom stereocenters. The molecule has 1 N–H and O–H groups in total. The molecule has 0 atom stereocenters. The van der Waals surface area contributed by atoms with Crippen LogP contribution in [0, 0.1) is 6.92 Å². The number of nitrogens with zero attached hydrogens (tertiary/aromatic N) is 4. The van der Waals surface area contributed by atoms with E-state index in [0.29, 0.717) is 23.9 Å². The molecule has 3 rings (SSSR count). The molecule has 1 aromatic carbocycles. The van der Waals surface area contributed by atoms with E-state index in [4.69, 9.17) is 11.6 Å². The lowest BCUT2D eigenvalue weighted by Crippen LogP contribution is -2.16. The average Bonchev–Trinajstić information content (AvgIpc) is 3.09. The molecule has 0 aliphatic rings. The molecule has 0 saturated carbocycles. The number of aromatic nitrogens is 4. The number of halogens is 2. The predicted molar refractivity (Wildman–Crippen MR) is 101 cm³/mol. The van der Waals surface area contributed by atoms with Crippen molar-refractivity contribution in [3.63, 3.8) is 0 Å². The lowest BCUT2D eigenvalue weighted by molar-refractivity contribution is -0.116. The molecule has 0 saturated heterocycles. The van der Waals surface area contributed by atoms with Gasteiger partial charge in [-0.3, -0.25) is 14.2 Å². The number of anilines is 1. The van der Waals surface area contributed by atoms with E-state index in [1.807, 2.05) is 37.3 Å². The first-order valence-corrected chi connectivity index (χ1v) is 8.94. The molecule has 25 heavy (non-hydrogen) atoms. The van der Waals surface area contributed by atoms with Crippen LogP contribution in [0.3, 0.4) is 0 Å². The molecule has 0 radical (unpaired) electrons. The van der Waals surface area contributed by atoms with Crippen LogP contribution >= 0.6 is 27.5 Å². The molecule has 130 valence electrons. The summed E-state index contributed by atoms with van der Waals surface area (Å²) in [7, 11) is 0. The molecule has 0 fully saturated rings. The van der Waals surface area contributed by atoms with Crippen molar-refractivity contribution >= 4 is 39.3 Å². The normalized spacial score (nSPS) is 10.8. The van der Waals surface area contributed by atoms with Crippen LogP contribution in [0.25, 0.3) is 0 Å². The summed E-state index contributed by atoms with van der Waals surface area (Å²) in [5.74, 6) is 0.221. The number of carbonyl (C=O) groups excluding carboxylic acids is 1. The zero-order chi connectivity index (χ0) is 17.8. The fourth-order valence-electron chi connectivity index (χ4n) is 2.38. The molecule has 0 spiro atoms. The summed E-state index contributed by atoms with van der Waals surface area (Å²) >= 11 is 9.58. The Morgan fingerprint density at radius 1 is 1.32 bits per heavy atom. The topological polar surface area (TPSA) is 64.7 Å². The van der Waals surface area contributed by atoms with Gasteiger partial charge in [0.15, 0.2) is 5.82 Å². The van der Waals surface area contributed by atoms with Crippen LogP contribution < -0.4 is 5.32 Å². The van der Waals surface area contributed by atoms with E-state index in [2.05, 4.69) is 31.4 Å². The second-order valence-corrected chi connectivity index (χ2v) is 6.87. The van der Waals surface area contributed by atoms with Crippen LogP contribution in [0.4, 0.5) is 5.82 Å². The molecular formula is C17H17BrClN5O. The molecule has 0 bridgehead atoms. The zero-order valence-electron chi connectivity index (χ0n) is 13.6. The van der Waals surface area contributed by atoms with Crippen molar-refractivity contribution in [1.82, 2.24) is 19.6 Å². The number of hydrogen-bond acceptors (Lipinski definition) is 3. The Labute approximate surface area is 158 Å². The highest BCUT2D eigenvalue weighted by Gasteiger charge is 2.12. The van der Waals surface area contributed by atoms with Crippen molar-refractivity contribution in [1.29, 1.82) is 0 Å². The van der Waals surface area contributed by atoms with Crippen LogP contribution in [0.5, 0.6) is 0 Å². The highest BCUT2D eigenvalue weighted by atomic mass is 79.9. The van der Waals surface area contributed by atoms with E-state index < -0.39 is 0 Å². The number of aryl methyl sites for hydroxylation is 1. The first kappa shape index (κ1) is 17.7. The van der Waals surface area contributed by atoms with Gasteiger partial charge in [-0.2, -0.15) is 10.2 Å². The van der Waals surface area contributed by atoms with Gasteiger partial charge in [-0.1, -0.05) is 41.9 Å². The minimum atomic E-state index is -0.155. The highest BCUT2D eigenvalue weighted by molar-refractivity contribution is 9.10. The Hall–Kier alpha value is -2.12. The first-order valence-electron chi connectivity index (χ1n) is 7.77. The second-order valence-electron chi connectivity index (χ2n) is 5.61. The van der Waals surface area contributed by atoms with E-state index >= 15 is 0 Å². The maximum absolute atomic E-state index is 12.2. The van der Waals surface area contributed by atoms with E-state index in [1.165, 1.54) is 0 Å². The molecule has 8 heteroatoms. The third-order valence-corrected chi connectivity index (χ3v) is 4.81. The van der Waals surface area contributed by atoms with E-state index in [-0.39, 0.29) is 12.3 Å². The monoisotopic (exact) mass is 421 g/mol. The Morgan fingerprint density at radius 3 is 2.76 bits per heavy atom. The third-order valence-electron chi connectivity index (χ3n) is 3.76. The molecule has 2 aromatic heterocycles. The summed E-state index contributed by atoms with van der Waals surface area (Å²) in [5, 5.41) is 11.7. The lowest BCUT2D eigenvalue weighted by Gasteiger charge is -2.05. The maximum atomic E-state index is 12.2. The van der Waals surface area contributed by atoms with Crippen molar-refractivity contribution in [3.8, 4) is 0 Å². The molecule has 3 aromatic rings. The van der Waals surface area contributed by atoms with Crippen LogP contribution in [0.2, 0.25) is 5.02 Å². The summed E-state index contributed by atoms with van der Waals surface area (Å²) in [6.07, 6.45) is 3.71. The van der Waals surface area contributed by atoms with E-state index in [9.17, 15) is 4.79 Å². The number of nitrogens with one attached hydrogen (secondary N) is 1. The van der Waals surface area contributed by atoms with E-state index in [0.717, 1.165) is 15.7 Å². The number of rotatable bonds is 6. The van der Waals surface area contributed by atoms with Crippen LogP contribution in [0.1, 0.15) is 17.7 Å². The number of benzene rings is 1. The quantitative estimate of drug-likeness (QED) is 0.655. The Bertz CT molecular complexity index is 875. The van der Waals surface area contributed by atoms with Gasteiger partial charge >= 0.3 is 0 Å². The Kier molecular flexibility index (Phi) is 5.55. The minimum absolute atomic E-state index is 0.155. The lowest BCUT2D eigenvalue weighted by atomic mass is 10.2. The fourth-order valence-corrected chi connectivity index (χ4v) is 2.88. The molecular weight excluding hydrogens is 406 g/mol. The van der Waals surface area contributed by atoms with E-state index in [1.54, 1.807) is 21.8 Å². The summed E-state index contributed by atoms with van der Waals surface area (Å²) < 4.78 is 4.41. The molecule has 0 aliphatic carbocycles. The smallest absolute Gasteiger partial charge is 0.227 e. The minimum Gasteiger partial charge on any atom is -0.308 e. The largest absolute Gasteiger partial charge is 0.308 e. The highest BCUT2D eigenvalue weighted by Crippen LogP contribution is 2.20. The van der Waals surface area contributed by atoms with Crippen LogP contribution in [-0.2, 0) is 17.9 Å². The Morgan fingerprint density at radius 2 is 2.08 bits per heavy atom. The van der Waals surface area contributed by atoms with Gasteiger partial charge in [0.25, 0.3) is 0 Å². The van der Waals surface area contributed by atoms with Gasteiger partial charge in [-0.05, 0) is 28.4 Å².